The number of fused-ring (bicyclic) bond motifs is 1. The minimum Gasteiger partial charge on any atom is -0.343 e. The molecule has 166 valence electrons. The van der Waals surface area contributed by atoms with Crippen LogP contribution in [0.25, 0.3) is 10.8 Å². The zero-order valence-electron chi connectivity index (χ0n) is 17.9. The standard InChI is InChI=1S/C25H26ClN3O3/c26-21-8-2-1-6-18(21)11-12-23(30)27-22-9-3-7-20-19(22)13-17-29(25(20)32)16-5-15-28-14-4-10-24(28)31/h1-3,6-9,13,17H,4-5,10-12,14-16H2,(H,27,30). The first-order chi connectivity index (χ1) is 15.5. The lowest BCUT2D eigenvalue weighted by Crippen LogP contribution is -2.28. The lowest BCUT2D eigenvalue weighted by atomic mass is 10.1. The van der Waals surface area contributed by atoms with Crippen molar-refractivity contribution in [1.29, 1.82) is 0 Å². The fraction of sp³-hybridized carbons (Fsp3) is 0.320. The van der Waals surface area contributed by atoms with Gasteiger partial charge >= 0.3 is 0 Å². The molecule has 7 heteroatoms. The van der Waals surface area contributed by atoms with Crippen molar-refractivity contribution < 1.29 is 9.59 Å². The molecular weight excluding hydrogens is 426 g/mol. The Labute approximate surface area is 191 Å². The lowest BCUT2D eigenvalue weighted by molar-refractivity contribution is -0.127. The number of anilines is 1. The number of aromatic nitrogens is 1. The molecular formula is C25H26ClN3O3. The summed E-state index contributed by atoms with van der Waals surface area (Å²) in [7, 11) is 0. The average Bonchev–Trinajstić information content (AvgIpc) is 3.20. The highest BCUT2D eigenvalue weighted by atomic mass is 35.5. The Kier molecular flexibility index (Phi) is 6.90. The Balaban J connectivity index is 1.42. The SMILES string of the molecule is O=C(CCc1ccccc1Cl)Nc1cccc2c(=O)n(CCCN3CCCC3=O)ccc12. The van der Waals surface area contributed by atoms with E-state index in [1.165, 1.54) is 0 Å². The van der Waals surface area contributed by atoms with E-state index < -0.39 is 0 Å². The van der Waals surface area contributed by atoms with E-state index in [0.717, 1.165) is 30.3 Å². The van der Waals surface area contributed by atoms with Crippen molar-refractivity contribution in [2.45, 2.75) is 38.6 Å². The summed E-state index contributed by atoms with van der Waals surface area (Å²) in [6.45, 7) is 2.03. The molecule has 0 bridgehead atoms. The first-order valence-electron chi connectivity index (χ1n) is 11.0. The van der Waals surface area contributed by atoms with E-state index in [-0.39, 0.29) is 17.4 Å². The van der Waals surface area contributed by atoms with Gasteiger partial charge in [-0.05, 0) is 49.1 Å². The van der Waals surface area contributed by atoms with E-state index in [2.05, 4.69) is 5.32 Å². The van der Waals surface area contributed by atoms with Gasteiger partial charge in [-0.15, -0.1) is 0 Å². The van der Waals surface area contributed by atoms with Crippen LogP contribution in [0.15, 0.2) is 59.5 Å². The Bertz CT molecular complexity index is 1200. The number of carbonyl (C=O) groups is 2. The van der Waals surface area contributed by atoms with Crippen LogP contribution in [-0.2, 0) is 22.6 Å². The summed E-state index contributed by atoms with van der Waals surface area (Å²) in [6.07, 6.45) is 4.88. The molecule has 32 heavy (non-hydrogen) atoms. The largest absolute Gasteiger partial charge is 0.343 e. The smallest absolute Gasteiger partial charge is 0.258 e. The molecule has 2 amide bonds. The van der Waals surface area contributed by atoms with Crippen molar-refractivity contribution in [3.8, 4) is 0 Å². The minimum atomic E-state index is -0.128. The molecule has 0 aliphatic carbocycles. The fourth-order valence-electron chi connectivity index (χ4n) is 4.14. The maximum atomic E-state index is 13.0. The van der Waals surface area contributed by atoms with Gasteiger partial charge in [0.2, 0.25) is 11.8 Å². The second kappa shape index (κ2) is 10.0. The number of halogens is 1. The number of rotatable bonds is 8. The third kappa shape index (κ3) is 5.02. The minimum absolute atomic E-state index is 0.0950. The summed E-state index contributed by atoms with van der Waals surface area (Å²) < 4.78 is 1.67. The molecule has 0 saturated carbocycles. The monoisotopic (exact) mass is 451 g/mol. The van der Waals surface area contributed by atoms with Crippen molar-refractivity contribution in [2.75, 3.05) is 18.4 Å². The number of aryl methyl sites for hydroxylation is 2. The van der Waals surface area contributed by atoms with Gasteiger partial charge in [0.15, 0.2) is 0 Å². The van der Waals surface area contributed by atoms with E-state index >= 15 is 0 Å². The summed E-state index contributed by atoms with van der Waals surface area (Å²) in [5, 5.41) is 4.87. The van der Waals surface area contributed by atoms with Crippen LogP contribution < -0.4 is 10.9 Å². The molecule has 2 aromatic carbocycles. The van der Waals surface area contributed by atoms with Crippen LogP contribution in [0.4, 0.5) is 5.69 Å². The molecule has 0 unspecified atom stereocenters. The van der Waals surface area contributed by atoms with E-state index in [1.54, 1.807) is 29.0 Å². The molecule has 6 nitrogen and oxygen atoms in total. The molecule has 1 saturated heterocycles. The fourth-order valence-corrected chi connectivity index (χ4v) is 4.37. The number of likely N-dealkylation sites (tertiary alicyclic amines) is 1. The maximum Gasteiger partial charge on any atom is 0.258 e. The lowest BCUT2D eigenvalue weighted by Gasteiger charge is -2.16. The quantitative estimate of drug-likeness (QED) is 0.556. The first-order valence-corrected chi connectivity index (χ1v) is 11.3. The number of pyridine rings is 1. The van der Waals surface area contributed by atoms with E-state index in [0.29, 0.717) is 48.4 Å². The number of amides is 2. The van der Waals surface area contributed by atoms with Crippen LogP contribution in [0.3, 0.4) is 0 Å². The van der Waals surface area contributed by atoms with Gasteiger partial charge in [-0.1, -0.05) is 35.9 Å². The van der Waals surface area contributed by atoms with Crippen molar-refractivity contribution in [3.63, 3.8) is 0 Å². The van der Waals surface area contributed by atoms with E-state index in [9.17, 15) is 14.4 Å². The predicted octanol–water partition coefficient (Wildman–Crippen LogP) is 4.24. The summed E-state index contributed by atoms with van der Waals surface area (Å²) in [4.78, 5) is 39.1. The van der Waals surface area contributed by atoms with Crippen LogP contribution in [0.2, 0.25) is 5.02 Å². The van der Waals surface area contributed by atoms with Crippen molar-refractivity contribution >= 4 is 39.9 Å². The summed E-state index contributed by atoms with van der Waals surface area (Å²) in [5.74, 6) is 0.0719. The van der Waals surface area contributed by atoms with E-state index in [1.807, 2.05) is 35.2 Å². The molecule has 4 rings (SSSR count). The van der Waals surface area contributed by atoms with Crippen molar-refractivity contribution in [1.82, 2.24) is 9.47 Å². The molecule has 1 aliphatic rings. The molecule has 0 spiro atoms. The van der Waals surface area contributed by atoms with Crippen LogP contribution in [0.5, 0.6) is 0 Å². The number of benzene rings is 2. The van der Waals surface area contributed by atoms with Gasteiger partial charge in [0, 0.05) is 60.2 Å². The Hall–Kier alpha value is -3.12. The van der Waals surface area contributed by atoms with Gasteiger partial charge in [0.05, 0.1) is 0 Å². The normalized spacial score (nSPS) is 13.7. The van der Waals surface area contributed by atoms with Crippen LogP contribution in [0.1, 0.15) is 31.2 Å². The van der Waals surface area contributed by atoms with Gasteiger partial charge in [0.1, 0.15) is 0 Å². The number of hydrogen-bond acceptors (Lipinski definition) is 3. The molecule has 0 radical (unpaired) electrons. The van der Waals surface area contributed by atoms with Crippen LogP contribution in [0, 0.1) is 0 Å². The highest BCUT2D eigenvalue weighted by Gasteiger charge is 2.19. The topological polar surface area (TPSA) is 71.4 Å². The third-order valence-corrected chi connectivity index (χ3v) is 6.24. The maximum absolute atomic E-state index is 13.0. The number of hydrogen-bond donors (Lipinski definition) is 1. The molecule has 2 heterocycles. The number of carbonyl (C=O) groups excluding carboxylic acids is 2. The first kappa shape index (κ1) is 22.1. The predicted molar refractivity (Wildman–Crippen MR) is 127 cm³/mol. The zero-order valence-corrected chi connectivity index (χ0v) is 18.6. The summed E-state index contributed by atoms with van der Waals surface area (Å²) in [5.41, 5.74) is 1.46. The van der Waals surface area contributed by atoms with Gasteiger partial charge in [0.25, 0.3) is 5.56 Å². The summed E-state index contributed by atoms with van der Waals surface area (Å²) >= 11 is 6.17. The third-order valence-electron chi connectivity index (χ3n) is 5.87. The zero-order chi connectivity index (χ0) is 22.5. The van der Waals surface area contributed by atoms with Crippen LogP contribution in [-0.4, -0.2) is 34.4 Å². The van der Waals surface area contributed by atoms with E-state index in [4.69, 9.17) is 11.6 Å². The highest BCUT2D eigenvalue weighted by molar-refractivity contribution is 6.31. The Morgan fingerprint density at radius 3 is 2.62 bits per heavy atom. The van der Waals surface area contributed by atoms with Crippen LogP contribution >= 0.6 is 11.6 Å². The number of nitrogens with zero attached hydrogens (tertiary/aromatic N) is 2. The Morgan fingerprint density at radius 1 is 1.00 bits per heavy atom. The van der Waals surface area contributed by atoms with Gasteiger partial charge < -0.3 is 14.8 Å². The Morgan fingerprint density at radius 2 is 1.84 bits per heavy atom. The molecule has 3 aromatic rings. The second-order valence-electron chi connectivity index (χ2n) is 8.06. The molecule has 1 aliphatic heterocycles. The molecule has 1 N–H and O–H groups in total. The average molecular weight is 452 g/mol. The van der Waals surface area contributed by atoms with Gasteiger partial charge in [-0.3, -0.25) is 14.4 Å². The molecule has 0 atom stereocenters. The number of nitrogens with one attached hydrogen (secondary N) is 1. The second-order valence-corrected chi connectivity index (χ2v) is 8.47. The summed E-state index contributed by atoms with van der Waals surface area (Å²) in [6, 6.07) is 14.7. The highest BCUT2D eigenvalue weighted by Crippen LogP contribution is 2.22. The molecule has 1 fully saturated rings. The van der Waals surface area contributed by atoms with Gasteiger partial charge in [-0.25, -0.2) is 0 Å². The van der Waals surface area contributed by atoms with Crippen molar-refractivity contribution in [3.05, 3.63) is 75.7 Å². The van der Waals surface area contributed by atoms with Gasteiger partial charge in [-0.2, -0.15) is 0 Å². The van der Waals surface area contributed by atoms with Crippen molar-refractivity contribution in [2.24, 2.45) is 0 Å². The molecule has 1 aromatic heterocycles.